The van der Waals surface area contributed by atoms with Crippen LogP contribution in [0.4, 0.5) is 13.2 Å². The summed E-state index contributed by atoms with van der Waals surface area (Å²) in [6.45, 7) is 2.38. The Labute approximate surface area is 142 Å². The second-order valence-electron chi connectivity index (χ2n) is 5.86. The predicted molar refractivity (Wildman–Crippen MR) is 90.5 cm³/mol. The number of para-hydroxylation sites is 1. The number of hydrogen-bond acceptors (Lipinski definition) is 1. The van der Waals surface area contributed by atoms with Crippen molar-refractivity contribution in [2.24, 2.45) is 0 Å². The Morgan fingerprint density at radius 1 is 1.08 bits per heavy atom. The van der Waals surface area contributed by atoms with Crippen LogP contribution in [0.15, 0.2) is 48.5 Å². The number of aromatic amines is 1. The molecule has 0 bridgehead atoms. The van der Waals surface area contributed by atoms with Crippen molar-refractivity contribution in [3.63, 3.8) is 0 Å². The molecule has 130 valence electrons. The lowest BCUT2D eigenvalue weighted by Crippen LogP contribution is -2.25. The van der Waals surface area contributed by atoms with Gasteiger partial charge in [-0.15, -0.1) is 0 Å². The normalized spacial score (nSPS) is 11.7. The first-order valence-corrected chi connectivity index (χ1v) is 7.88. The maximum Gasteiger partial charge on any atom is 0.416 e. The molecule has 6 heteroatoms. The van der Waals surface area contributed by atoms with Crippen LogP contribution in [0.3, 0.4) is 0 Å². The maximum absolute atomic E-state index is 12.5. The van der Waals surface area contributed by atoms with E-state index in [4.69, 9.17) is 0 Å². The number of fused-ring (bicyclic) bond motifs is 1. The summed E-state index contributed by atoms with van der Waals surface area (Å²) >= 11 is 0. The van der Waals surface area contributed by atoms with Gasteiger partial charge in [-0.1, -0.05) is 18.2 Å². The standard InChI is InChI=1S/C19H17F3N2O/c1-12-15(16-4-2-3-5-17(16)24-12)10-11-23-18(25)13-6-8-14(9-7-13)19(20,21)22/h2-9,24H,10-11H2,1H3,(H,23,25). The summed E-state index contributed by atoms with van der Waals surface area (Å²) in [5.74, 6) is -0.383. The minimum Gasteiger partial charge on any atom is -0.358 e. The van der Waals surface area contributed by atoms with Crippen molar-refractivity contribution in [2.45, 2.75) is 19.5 Å². The first-order valence-electron chi connectivity index (χ1n) is 7.88. The summed E-state index contributed by atoms with van der Waals surface area (Å²) in [6.07, 6.45) is -3.76. The number of aromatic nitrogens is 1. The van der Waals surface area contributed by atoms with E-state index in [0.29, 0.717) is 13.0 Å². The van der Waals surface area contributed by atoms with Crippen LogP contribution >= 0.6 is 0 Å². The second-order valence-corrected chi connectivity index (χ2v) is 5.86. The molecule has 3 rings (SSSR count). The molecule has 25 heavy (non-hydrogen) atoms. The molecule has 1 heterocycles. The van der Waals surface area contributed by atoms with Crippen LogP contribution in [-0.4, -0.2) is 17.4 Å². The van der Waals surface area contributed by atoms with Gasteiger partial charge in [0.05, 0.1) is 5.56 Å². The van der Waals surface area contributed by atoms with E-state index in [2.05, 4.69) is 10.3 Å². The highest BCUT2D eigenvalue weighted by Crippen LogP contribution is 2.29. The van der Waals surface area contributed by atoms with Crippen LogP contribution in [0.1, 0.15) is 27.2 Å². The number of halogens is 3. The first-order chi connectivity index (χ1) is 11.9. The molecular weight excluding hydrogens is 329 g/mol. The monoisotopic (exact) mass is 346 g/mol. The van der Waals surface area contributed by atoms with Crippen LogP contribution in [0.25, 0.3) is 10.9 Å². The average molecular weight is 346 g/mol. The van der Waals surface area contributed by atoms with Crippen molar-refractivity contribution >= 4 is 16.8 Å². The number of aryl methyl sites for hydroxylation is 1. The lowest BCUT2D eigenvalue weighted by molar-refractivity contribution is -0.137. The SMILES string of the molecule is Cc1[nH]c2ccccc2c1CCNC(=O)c1ccc(C(F)(F)F)cc1. The molecule has 3 aromatic rings. The molecule has 1 amide bonds. The number of rotatable bonds is 4. The summed E-state index contributed by atoms with van der Waals surface area (Å²) in [7, 11) is 0. The fourth-order valence-electron chi connectivity index (χ4n) is 2.87. The fraction of sp³-hybridized carbons (Fsp3) is 0.211. The predicted octanol–water partition coefficient (Wildman–Crippen LogP) is 4.47. The van der Waals surface area contributed by atoms with Crippen molar-refractivity contribution in [1.82, 2.24) is 10.3 Å². The third kappa shape index (κ3) is 3.68. The molecule has 0 spiro atoms. The minimum absolute atomic E-state index is 0.212. The molecule has 0 aliphatic rings. The molecule has 2 aromatic carbocycles. The van der Waals surface area contributed by atoms with E-state index in [1.807, 2.05) is 31.2 Å². The lowest BCUT2D eigenvalue weighted by atomic mass is 10.1. The highest BCUT2D eigenvalue weighted by Gasteiger charge is 2.30. The Kier molecular flexibility index (Phi) is 4.53. The summed E-state index contributed by atoms with van der Waals surface area (Å²) in [5.41, 5.74) is 2.67. The summed E-state index contributed by atoms with van der Waals surface area (Å²) in [6, 6.07) is 12.1. The molecule has 0 aliphatic heterocycles. The zero-order valence-electron chi connectivity index (χ0n) is 13.6. The molecule has 2 N–H and O–H groups in total. The Morgan fingerprint density at radius 2 is 1.76 bits per heavy atom. The Balaban J connectivity index is 1.63. The van der Waals surface area contributed by atoms with Gasteiger partial charge in [-0.3, -0.25) is 4.79 Å². The molecule has 1 aromatic heterocycles. The van der Waals surface area contributed by atoms with Gasteiger partial charge in [0, 0.05) is 28.7 Å². The number of H-pyrrole nitrogens is 1. The zero-order chi connectivity index (χ0) is 18.0. The third-order valence-corrected chi connectivity index (χ3v) is 4.16. The van der Waals surface area contributed by atoms with Gasteiger partial charge in [0.25, 0.3) is 5.91 Å². The van der Waals surface area contributed by atoms with Gasteiger partial charge in [-0.25, -0.2) is 0 Å². The molecule has 0 fully saturated rings. The van der Waals surface area contributed by atoms with Gasteiger partial charge in [0.15, 0.2) is 0 Å². The average Bonchev–Trinajstić information content (AvgIpc) is 2.90. The van der Waals surface area contributed by atoms with Crippen LogP contribution in [0, 0.1) is 6.92 Å². The number of carbonyl (C=O) groups excluding carboxylic acids is 1. The highest BCUT2D eigenvalue weighted by molar-refractivity contribution is 5.94. The van der Waals surface area contributed by atoms with Gasteiger partial charge in [-0.2, -0.15) is 13.2 Å². The van der Waals surface area contributed by atoms with Gasteiger partial charge >= 0.3 is 6.18 Å². The first kappa shape index (κ1) is 17.1. The lowest BCUT2D eigenvalue weighted by Gasteiger charge is -2.08. The molecule has 3 nitrogen and oxygen atoms in total. The molecule has 0 unspecified atom stereocenters. The number of amides is 1. The molecular formula is C19H17F3N2O. The van der Waals surface area contributed by atoms with E-state index < -0.39 is 11.7 Å². The van der Waals surface area contributed by atoms with Crippen LogP contribution in [0.5, 0.6) is 0 Å². The summed E-state index contributed by atoms with van der Waals surface area (Å²) < 4.78 is 37.6. The van der Waals surface area contributed by atoms with Crippen molar-refractivity contribution in [1.29, 1.82) is 0 Å². The molecule has 0 saturated heterocycles. The topological polar surface area (TPSA) is 44.9 Å². The number of alkyl halides is 3. The van der Waals surface area contributed by atoms with Crippen LogP contribution in [-0.2, 0) is 12.6 Å². The van der Waals surface area contributed by atoms with Crippen molar-refractivity contribution < 1.29 is 18.0 Å². The number of hydrogen-bond donors (Lipinski definition) is 2. The van der Waals surface area contributed by atoms with Crippen molar-refractivity contribution in [2.75, 3.05) is 6.54 Å². The van der Waals surface area contributed by atoms with Crippen LogP contribution in [0.2, 0.25) is 0 Å². The third-order valence-electron chi connectivity index (χ3n) is 4.16. The Bertz CT molecular complexity index is 895. The largest absolute Gasteiger partial charge is 0.416 e. The van der Waals surface area contributed by atoms with E-state index in [9.17, 15) is 18.0 Å². The number of carbonyl (C=O) groups is 1. The summed E-state index contributed by atoms with van der Waals surface area (Å²) in [5, 5.41) is 3.87. The van der Waals surface area contributed by atoms with Crippen molar-refractivity contribution in [3.8, 4) is 0 Å². The second kappa shape index (κ2) is 6.63. The highest BCUT2D eigenvalue weighted by atomic mass is 19.4. The van der Waals surface area contributed by atoms with E-state index in [0.717, 1.165) is 34.3 Å². The molecule has 0 radical (unpaired) electrons. The molecule has 0 saturated carbocycles. The maximum atomic E-state index is 12.5. The Morgan fingerprint density at radius 3 is 2.44 bits per heavy atom. The zero-order valence-corrected chi connectivity index (χ0v) is 13.6. The van der Waals surface area contributed by atoms with Crippen LogP contribution < -0.4 is 5.32 Å². The number of benzene rings is 2. The Hall–Kier alpha value is -2.76. The van der Waals surface area contributed by atoms with Gasteiger partial charge < -0.3 is 10.3 Å². The van der Waals surface area contributed by atoms with E-state index >= 15 is 0 Å². The molecule has 0 aliphatic carbocycles. The van der Waals surface area contributed by atoms with Gasteiger partial charge in [0.2, 0.25) is 0 Å². The summed E-state index contributed by atoms with van der Waals surface area (Å²) in [4.78, 5) is 15.4. The van der Waals surface area contributed by atoms with E-state index in [-0.39, 0.29) is 11.5 Å². The van der Waals surface area contributed by atoms with Gasteiger partial charge in [0.1, 0.15) is 0 Å². The van der Waals surface area contributed by atoms with Gasteiger partial charge in [-0.05, 0) is 49.2 Å². The van der Waals surface area contributed by atoms with E-state index in [1.54, 1.807) is 0 Å². The number of nitrogens with one attached hydrogen (secondary N) is 2. The fourth-order valence-corrected chi connectivity index (χ4v) is 2.87. The van der Waals surface area contributed by atoms with E-state index in [1.165, 1.54) is 12.1 Å². The quantitative estimate of drug-likeness (QED) is 0.719. The minimum atomic E-state index is -4.40. The van der Waals surface area contributed by atoms with Crippen molar-refractivity contribution in [3.05, 3.63) is 70.9 Å². The molecule has 0 atom stereocenters. The smallest absolute Gasteiger partial charge is 0.358 e.